The van der Waals surface area contributed by atoms with Crippen LogP contribution in [0.25, 0.3) is 0 Å². The topological polar surface area (TPSA) is 38.3 Å². The Kier molecular flexibility index (Phi) is 4.68. The van der Waals surface area contributed by atoms with E-state index in [2.05, 4.69) is 17.5 Å². The number of halogens is 2. The number of benzene rings is 2. The average Bonchev–Trinajstić information content (AvgIpc) is 3.13. The maximum absolute atomic E-state index is 12.1. The van der Waals surface area contributed by atoms with Crippen molar-refractivity contribution in [3.63, 3.8) is 0 Å². The minimum Gasteiger partial charge on any atom is -0.462 e. The minimum atomic E-state index is -0.277. The summed E-state index contributed by atoms with van der Waals surface area (Å²) in [6, 6.07) is 11.7. The second-order valence-corrected chi connectivity index (χ2v) is 7.49. The molecule has 26 heavy (non-hydrogen) atoms. The standard InChI is InChI=1S/C21H19Cl2NO2/c1-2-26-21(25)13-7-9-19-16(10-13)14-4-3-5-15(14)20(24-19)12-6-8-17(22)18(23)11-12/h3-4,6-11,14-15,20,24H,2,5H2,1H3/t14?,15?,20-/m1/s1. The molecule has 0 bridgehead atoms. The number of carbonyl (C=O) groups excluding carboxylic acids is 1. The van der Waals surface area contributed by atoms with E-state index in [0.717, 1.165) is 23.2 Å². The highest BCUT2D eigenvalue weighted by Gasteiger charge is 2.38. The Morgan fingerprint density at radius 1 is 1.19 bits per heavy atom. The summed E-state index contributed by atoms with van der Waals surface area (Å²) in [5.74, 6) is 0.359. The molecule has 2 aliphatic rings. The zero-order valence-electron chi connectivity index (χ0n) is 14.3. The van der Waals surface area contributed by atoms with Gasteiger partial charge in [-0.3, -0.25) is 0 Å². The molecule has 0 aromatic heterocycles. The number of esters is 1. The van der Waals surface area contributed by atoms with E-state index in [0.29, 0.717) is 28.1 Å². The monoisotopic (exact) mass is 387 g/mol. The quantitative estimate of drug-likeness (QED) is 0.518. The molecule has 0 saturated carbocycles. The maximum atomic E-state index is 12.1. The lowest BCUT2D eigenvalue weighted by Gasteiger charge is -2.37. The number of nitrogens with one attached hydrogen (secondary N) is 1. The van der Waals surface area contributed by atoms with Gasteiger partial charge in [0.15, 0.2) is 0 Å². The van der Waals surface area contributed by atoms with Crippen molar-refractivity contribution in [3.8, 4) is 0 Å². The third-order valence-electron chi connectivity index (χ3n) is 5.18. The summed E-state index contributed by atoms with van der Waals surface area (Å²) in [7, 11) is 0. The van der Waals surface area contributed by atoms with Gasteiger partial charge in [0.05, 0.1) is 28.3 Å². The number of hydrogen-bond acceptors (Lipinski definition) is 3. The lowest BCUT2D eigenvalue weighted by Crippen LogP contribution is -2.29. The lowest BCUT2D eigenvalue weighted by molar-refractivity contribution is 0.0526. The Balaban J connectivity index is 1.72. The Hall–Kier alpha value is -1.97. The second kappa shape index (κ2) is 6.98. The van der Waals surface area contributed by atoms with Gasteiger partial charge in [-0.15, -0.1) is 0 Å². The van der Waals surface area contributed by atoms with Crippen molar-refractivity contribution in [1.29, 1.82) is 0 Å². The smallest absolute Gasteiger partial charge is 0.338 e. The lowest BCUT2D eigenvalue weighted by atomic mass is 9.76. The summed E-state index contributed by atoms with van der Waals surface area (Å²) >= 11 is 12.3. The molecule has 1 aliphatic heterocycles. The number of ether oxygens (including phenoxy) is 1. The predicted octanol–water partition coefficient (Wildman–Crippen LogP) is 6.00. The maximum Gasteiger partial charge on any atom is 0.338 e. The third-order valence-corrected chi connectivity index (χ3v) is 5.92. The molecule has 1 aliphatic carbocycles. The van der Waals surface area contributed by atoms with Crippen molar-refractivity contribution < 1.29 is 9.53 Å². The number of fused-ring (bicyclic) bond motifs is 3. The van der Waals surface area contributed by atoms with Crippen LogP contribution in [0.4, 0.5) is 5.69 Å². The molecule has 3 atom stereocenters. The normalized spacial score (nSPS) is 23.1. The van der Waals surface area contributed by atoms with Gasteiger partial charge in [-0.25, -0.2) is 4.79 Å². The van der Waals surface area contributed by atoms with Crippen LogP contribution in [0.3, 0.4) is 0 Å². The first-order valence-corrected chi connectivity index (χ1v) is 9.53. The van der Waals surface area contributed by atoms with Crippen LogP contribution in [0, 0.1) is 5.92 Å². The highest BCUT2D eigenvalue weighted by Crippen LogP contribution is 2.50. The van der Waals surface area contributed by atoms with Gasteiger partial charge in [0.25, 0.3) is 0 Å². The van der Waals surface area contributed by atoms with Gasteiger partial charge >= 0.3 is 5.97 Å². The summed E-state index contributed by atoms with van der Waals surface area (Å²) < 4.78 is 5.14. The molecule has 2 unspecified atom stereocenters. The fraction of sp³-hybridized carbons (Fsp3) is 0.286. The fourth-order valence-corrected chi connectivity index (χ4v) is 4.28. The minimum absolute atomic E-state index is 0.144. The number of anilines is 1. The molecule has 1 heterocycles. The molecule has 0 radical (unpaired) electrons. The van der Waals surface area contributed by atoms with Crippen LogP contribution in [0.5, 0.6) is 0 Å². The molecule has 0 fully saturated rings. The first-order valence-electron chi connectivity index (χ1n) is 8.77. The van der Waals surface area contributed by atoms with Crippen molar-refractivity contribution in [2.45, 2.75) is 25.3 Å². The van der Waals surface area contributed by atoms with Crippen LogP contribution >= 0.6 is 23.2 Å². The third kappa shape index (κ3) is 3.00. The largest absolute Gasteiger partial charge is 0.462 e. The molecular weight excluding hydrogens is 369 g/mol. The van der Waals surface area contributed by atoms with E-state index < -0.39 is 0 Å². The average molecular weight is 388 g/mol. The predicted molar refractivity (Wildman–Crippen MR) is 105 cm³/mol. The molecule has 5 heteroatoms. The van der Waals surface area contributed by atoms with E-state index in [9.17, 15) is 4.79 Å². The highest BCUT2D eigenvalue weighted by atomic mass is 35.5. The SMILES string of the molecule is CCOC(=O)c1ccc2c(c1)C1C=CCC1[C@@H](c1ccc(Cl)c(Cl)c1)N2. The Morgan fingerprint density at radius 2 is 2.04 bits per heavy atom. The molecule has 4 rings (SSSR count). The van der Waals surface area contributed by atoms with Crippen molar-refractivity contribution in [1.82, 2.24) is 0 Å². The summed E-state index contributed by atoms with van der Waals surface area (Å²) in [6.07, 6.45) is 5.43. The van der Waals surface area contributed by atoms with E-state index in [1.807, 2.05) is 43.3 Å². The second-order valence-electron chi connectivity index (χ2n) is 6.67. The zero-order chi connectivity index (χ0) is 18.3. The molecular formula is C21H19Cl2NO2. The first-order chi connectivity index (χ1) is 12.6. The molecule has 3 nitrogen and oxygen atoms in total. The number of allylic oxidation sites excluding steroid dienone is 2. The van der Waals surface area contributed by atoms with Gasteiger partial charge in [-0.2, -0.15) is 0 Å². The first kappa shape index (κ1) is 17.4. The van der Waals surface area contributed by atoms with Gasteiger partial charge in [0, 0.05) is 11.6 Å². The van der Waals surface area contributed by atoms with Crippen molar-refractivity contribution in [2.24, 2.45) is 5.92 Å². The van der Waals surface area contributed by atoms with Gasteiger partial charge in [-0.1, -0.05) is 41.4 Å². The van der Waals surface area contributed by atoms with Crippen molar-refractivity contribution >= 4 is 34.9 Å². The number of hydrogen-bond donors (Lipinski definition) is 1. The van der Waals surface area contributed by atoms with Crippen LogP contribution in [-0.2, 0) is 4.74 Å². The van der Waals surface area contributed by atoms with Crippen molar-refractivity contribution in [2.75, 3.05) is 11.9 Å². The Morgan fingerprint density at radius 3 is 2.81 bits per heavy atom. The van der Waals surface area contributed by atoms with E-state index in [4.69, 9.17) is 27.9 Å². The van der Waals surface area contributed by atoms with Crippen LogP contribution in [0.1, 0.15) is 46.8 Å². The van der Waals surface area contributed by atoms with Gasteiger partial charge in [0.2, 0.25) is 0 Å². The Bertz CT molecular complexity index is 894. The van der Waals surface area contributed by atoms with E-state index in [1.165, 1.54) is 0 Å². The van der Waals surface area contributed by atoms with Gasteiger partial charge in [0.1, 0.15) is 0 Å². The molecule has 134 valence electrons. The zero-order valence-corrected chi connectivity index (χ0v) is 15.8. The fourth-order valence-electron chi connectivity index (χ4n) is 3.97. The van der Waals surface area contributed by atoms with E-state index in [1.54, 1.807) is 0 Å². The summed E-state index contributed by atoms with van der Waals surface area (Å²) in [6.45, 7) is 2.19. The molecule has 0 spiro atoms. The van der Waals surface area contributed by atoms with Crippen molar-refractivity contribution in [3.05, 3.63) is 75.3 Å². The summed E-state index contributed by atoms with van der Waals surface area (Å²) in [5.41, 5.74) is 3.91. The van der Waals surface area contributed by atoms with Gasteiger partial charge < -0.3 is 10.1 Å². The molecule has 1 N–H and O–H groups in total. The van der Waals surface area contributed by atoms with E-state index >= 15 is 0 Å². The van der Waals surface area contributed by atoms with Crippen LogP contribution in [-0.4, -0.2) is 12.6 Å². The van der Waals surface area contributed by atoms with E-state index in [-0.39, 0.29) is 17.9 Å². The molecule has 2 aromatic carbocycles. The molecule has 0 amide bonds. The molecule has 0 saturated heterocycles. The Labute approximate surface area is 163 Å². The number of carbonyl (C=O) groups is 1. The summed E-state index contributed by atoms with van der Waals surface area (Å²) in [4.78, 5) is 12.1. The van der Waals surface area contributed by atoms with Gasteiger partial charge in [-0.05, 0) is 60.7 Å². The van der Waals surface area contributed by atoms with Crippen LogP contribution < -0.4 is 5.32 Å². The van der Waals surface area contributed by atoms with Crippen LogP contribution in [0.2, 0.25) is 10.0 Å². The summed E-state index contributed by atoms with van der Waals surface area (Å²) in [5, 5.41) is 4.76. The number of rotatable bonds is 3. The molecule has 2 aromatic rings. The van der Waals surface area contributed by atoms with Crippen LogP contribution in [0.15, 0.2) is 48.6 Å². The highest BCUT2D eigenvalue weighted by molar-refractivity contribution is 6.42.